The van der Waals surface area contributed by atoms with Gasteiger partial charge in [-0.1, -0.05) is 17.7 Å². The molecule has 0 aromatic heterocycles. The summed E-state index contributed by atoms with van der Waals surface area (Å²) < 4.78 is 21.8. The maximum absolute atomic E-state index is 10.9. The Morgan fingerprint density at radius 1 is 1.38 bits per heavy atom. The molecule has 68 valence electrons. The van der Waals surface area contributed by atoms with E-state index in [-0.39, 0.29) is 15.5 Å². The van der Waals surface area contributed by atoms with Gasteiger partial charge >= 0.3 is 0 Å². The Kier molecular flexibility index (Phi) is 2.81. The average Bonchev–Trinajstić information content (AvgIpc) is 2.02. The normalized spacial score (nSPS) is 10.8. The van der Waals surface area contributed by atoms with Gasteiger partial charge in [0, 0.05) is 10.7 Å². The molecule has 6 heteroatoms. The zero-order valence-electron chi connectivity index (χ0n) is 6.16. The van der Waals surface area contributed by atoms with Crippen LogP contribution in [-0.2, 0) is 9.05 Å². The quantitative estimate of drug-likeness (QED) is 0.702. The summed E-state index contributed by atoms with van der Waals surface area (Å²) in [6, 6.07) is 5.81. The van der Waals surface area contributed by atoms with Gasteiger partial charge in [-0.25, -0.2) is 8.42 Å². The van der Waals surface area contributed by atoms with Gasteiger partial charge in [-0.2, -0.15) is 5.26 Å². The van der Waals surface area contributed by atoms with Crippen molar-refractivity contribution in [2.75, 3.05) is 0 Å². The summed E-state index contributed by atoms with van der Waals surface area (Å²) in [5.74, 6) is 0. The van der Waals surface area contributed by atoms with Gasteiger partial charge in [0.2, 0.25) is 0 Å². The van der Waals surface area contributed by atoms with E-state index in [1.54, 1.807) is 6.07 Å². The summed E-state index contributed by atoms with van der Waals surface area (Å²) in [4.78, 5) is -0.241. The Hall–Kier alpha value is -0.760. The van der Waals surface area contributed by atoms with Gasteiger partial charge in [-0.3, -0.25) is 0 Å². The molecule has 0 fully saturated rings. The minimum Gasteiger partial charge on any atom is -0.207 e. The number of benzene rings is 1. The highest BCUT2D eigenvalue weighted by molar-refractivity contribution is 8.13. The van der Waals surface area contributed by atoms with Crippen molar-refractivity contribution in [1.29, 1.82) is 5.26 Å². The third kappa shape index (κ3) is 2.13. The Balaban J connectivity index is 3.53. The molecule has 0 heterocycles. The fourth-order valence-corrected chi connectivity index (χ4v) is 2.33. The number of nitriles is 1. The van der Waals surface area contributed by atoms with Crippen LogP contribution in [0.25, 0.3) is 0 Å². The maximum atomic E-state index is 10.9. The Labute approximate surface area is 84.9 Å². The molecule has 0 atom stereocenters. The molecule has 0 saturated heterocycles. The lowest BCUT2D eigenvalue weighted by molar-refractivity contribution is 0.609. The molecule has 0 amide bonds. The van der Waals surface area contributed by atoms with Crippen LogP contribution in [0.5, 0.6) is 0 Å². The molecular formula is C7H3Cl2NO2S. The zero-order valence-corrected chi connectivity index (χ0v) is 8.49. The van der Waals surface area contributed by atoms with Gasteiger partial charge < -0.3 is 0 Å². The Morgan fingerprint density at radius 2 is 2.00 bits per heavy atom. The molecule has 1 aromatic carbocycles. The Bertz CT molecular complexity index is 476. The van der Waals surface area contributed by atoms with Crippen LogP contribution >= 0.6 is 22.3 Å². The predicted molar refractivity (Wildman–Crippen MR) is 49.2 cm³/mol. The van der Waals surface area contributed by atoms with Gasteiger partial charge in [0.25, 0.3) is 9.05 Å². The molecule has 0 radical (unpaired) electrons. The van der Waals surface area contributed by atoms with Crippen LogP contribution in [0.3, 0.4) is 0 Å². The first kappa shape index (κ1) is 10.3. The molecule has 1 aromatic rings. The van der Waals surface area contributed by atoms with Gasteiger partial charge in [0.15, 0.2) is 0 Å². The first-order valence-electron chi connectivity index (χ1n) is 3.10. The van der Waals surface area contributed by atoms with E-state index in [4.69, 9.17) is 27.5 Å². The van der Waals surface area contributed by atoms with E-state index in [0.29, 0.717) is 0 Å². The van der Waals surface area contributed by atoms with Crippen LogP contribution in [0.4, 0.5) is 0 Å². The summed E-state index contributed by atoms with van der Waals surface area (Å²) in [5.41, 5.74) is 0.0865. The van der Waals surface area contributed by atoms with Gasteiger partial charge in [-0.05, 0) is 12.1 Å². The molecule has 0 spiro atoms. The van der Waals surface area contributed by atoms with E-state index < -0.39 is 9.05 Å². The van der Waals surface area contributed by atoms with Crippen LogP contribution < -0.4 is 0 Å². The molecule has 1 rings (SSSR count). The second-order valence-electron chi connectivity index (χ2n) is 2.17. The second kappa shape index (κ2) is 3.54. The van der Waals surface area contributed by atoms with Gasteiger partial charge in [-0.15, -0.1) is 0 Å². The van der Waals surface area contributed by atoms with E-state index in [0.717, 1.165) is 0 Å². The van der Waals surface area contributed by atoms with Crippen molar-refractivity contribution in [3.05, 3.63) is 28.8 Å². The minimum absolute atomic E-state index is 0.0865. The number of rotatable bonds is 1. The van der Waals surface area contributed by atoms with E-state index in [1.807, 2.05) is 0 Å². The lowest BCUT2D eigenvalue weighted by atomic mass is 10.2. The molecule has 0 N–H and O–H groups in total. The van der Waals surface area contributed by atoms with Crippen molar-refractivity contribution >= 4 is 31.3 Å². The highest BCUT2D eigenvalue weighted by Crippen LogP contribution is 2.27. The van der Waals surface area contributed by atoms with E-state index >= 15 is 0 Å². The zero-order chi connectivity index (χ0) is 10.1. The standard InChI is InChI=1S/C7H3Cl2NO2S/c8-7-5(4-10)2-1-3-6(7)13(9,11)12/h1-3H. The van der Waals surface area contributed by atoms with Crippen molar-refractivity contribution in [1.82, 2.24) is 0 Å². The molecule has 0 saturated carbocycles. The van der Waals surface area contributed by atoms with E-state index in [2.05, 4.69) is 0 Å². The predicted octanol–water partition coefficient (Wildman–Crippen LogP) is 2.14. The fourth-order valence-electron chi connectivity index (χ4n) is 0.785. The summed E-state index contributed by atoms with van der Waals surface area (Å²) in [5, 5.41) is 8.40. The van der Waals surface area contributed by atoms with Crippen LogP contribution in [0.1, 0.15) is 5.56 Å². The molecular weight excluding hydrogens is 233 g/mol. The molecule has 0 aliphatic carbocycles. The van der Waals surface area contributed by atoms with E-state index in [9.17, 15) is 8.42 Å². The number of halogens is 2. The van der Waals surface area contributed by atoms with Crippen molar-refractivity contribution in [3.63, 3.8) is 0 Å². The first-order valence-corrected chi connectivity index (χ1v) is 5.79. The summed E-state index contributed by atoms with van der Waals surface area (Å²) in [6.07, 6.45) is 0. The topological polar surface area (TPSA) is 57.9 Å². The third-order valence-corrected chi connectivity index (χ3v) is 3.23. The van der Waals surface area contributed by atoms with Crippen molar-refractivity contribution in [3.8, 4) is 6.07 Å². The molecule has 0 unspecified atom stereocenters. The SMILES string of the molecule is N#Cc1cccc(S(=O)(=O)Cl)c1Cl. The lowest BCUT2D eigenvalue weighted by Crippen LogP contribution is -1.93. The van der Waals surface area contributed by atoms with Crippen LogP contribution in [-0.4, -0.2) is 8.42 Å². The van der Waals surface area contributed by atoms with Gasteiger partial charge in [0.1, 0.15) is 11.0 Å². The number of hydrogen-bond acceptors (Lipinski definition) is 3. The largest absolute Gasteiger partial charge is 0.262 e. The minimum atomic E-state index is -3.88. The smallest absolute Gasteiger partial charge is 0.207 e. The highest BCUT2D eigenvalue weighted by Gasteiger charge is 2.16. The summed E-state index contributed by atoms with van der Waals surface area (Å²) in [6.45, 7) is 0. The highest BCUT2D eigenvalue weighted by atomic mass is 35.7. The molecule has 0 aliphatic rings. The van der Waals surface area contributed by atoms with Crippen molar-refractivity contribution < 1.29 is 8.42 Å². The number of hydrogen-bond donors (Lipinski definition) is 0. The third-order valence-electron chi connectivity index (χ3n) is 1.35. The maximum Gasteiger partial charge on any atom is 0.262 e. The molecule has 0 bridgehead atoms. The van der Waals surface area contributed by atoms with Crippen LogP contribution in [0.2, 0.25) is 5.02 Å². The van der Waals surface area contributed by atoms with Crippen molar-refractivity contribution in [2.45, 2.75) is 4.90 Å². The molecule has 0 aliphatic heterocycles. The van der Waals surface area contributed by atoms with Gasteiger partial charge in [0.05, 0.1) is 10.6 Å². The Morgan fingerprint density at radius 3 is 2.46 bits per heavy atom. The summed E-state index contributed by atoms with van der Waals surface area (Å²) in [7, 11) is 1.19. The average molecular weight is 236 g/mol. The van der Waals surface area contributed by atoms with Crippen molar-refractivity contribution in [2.24, 2.45) is 0 Å². The van der Waals surface area contributed by atoms with E-state index in [1.165, 1.54) is 18.2 Å². The first-order chi connectivity index (χ1) is 5.96. The second-order valence-corrected chi connectivity index (χ2v) is 5.08. The molecule has 3 nitrogen and oxygen atoms in total. The monoisotopic (exact) mass is 235 g/mol. The lowest BCUT2D eigenvalue weighted by Gasteiger charge is -1.99. The van der Waals surface area contributed by atoms with Crippen LogP contribution in [0.15, 0.2) is 23.1 Å². The van der Waals surface area contributed by atoms with Crippen LogP contribution in [0, 0.1) is 11.3 Å². The summed E-state index contributed by atoms with van der Waals surface area (Å²) >= 11 is 5.61. The molecule has 13 heavy (non-hydrogen) atoms. The fraction of sp³-hybridized carbons (Fsp3) is 0. The number of nitrogens with zero attached hydrogens (tertiary/aromatic N) is 1.